The van der Waals surface area contributed by atoms with Gasteiger partial charge >= 0.3 is 0 Å². The third kappa shape index (κ3) is 6.10. The third-order valence-electron chi connectivity index (χ3n) is 5.57. The molecular formula is C25H35N3O3. The molecule has 1 aliphatic rings. The van der Waals surface area contributed by atoms with E-state index in [9.17, 15) is 15.3 Å². The molecule has 3 rings (SSSR count). The molecule has 6 heteroatoms. The smallest absolute Gasteiger partial charge is 0.120 e. The number of phenolic OH excluding ortho intramolecular Hbond substituents is 1. The molecule has 0 amide bonds. The lowest BCUT2D eigenvalue weighted by Crippen LogP contribution is -2.40. The molecule has 168 valence electrons. The van der Waals surface area contributed by atoms with Gasteiger partial charge in [-0.15, -0.1) is 0 Å². The highest BCUT2D eigenvalue weighted by molar-refractivity contribution is 5.67. The number of aliphatic hydroxyl groups excluding tert-OH is 1. The van der Waals surface area contributed by atoms with Gasteiger partial charge in [-0.3, -0.25) is 4.90 Å². The quantitative estimate of drug-likeness (QED) is 0.435. The Kier molecular flexibility index (Phi) is 8.28. The SMILES string of the molecule is C.Cc1ccccc1N/C=C(\N)c1ccc(CN2CCC=C([C@](C)(O)CO)C2)c(O)c1. The summed E-state index contributed by atoms with van der Waals surface area (Å²) >= 11 is 0. The molecule has 31 heavy (non-hydrogen) atoms. The second kappa shape index (κ2) is 10.5. The van der Waals surface area contributed by atoms with E-state index in [0.717, 1.165) is 40.9 Å². The van der Waals surface area contributed by atoms with Gasteiger partial charge in [0.05, 0.1) is 12.3 Å². The average molecular weight is 426 g/mol. The van der Waals surface area contributed by atoms with E-state index in [2.05, 4.69) is 10.2 Å². The Hall–Kier alpha value is -2.80. The number of aliphatic hydroxyl groups is 2. The maximum atomic E-state index is 10.5. The van der Waals surface area contributed by atoms with E-state index in [1.807, 2.05) is 49.4 Å². The number of hydrogen-bond donors (Lipinski definition) is 5. The van der Waals surface area contributed by atoms with Crippen LogP contribution in [-0.4, -0.2) is 45.5 Å². The molecule has 2 aromatic carbocycles. The number of anilines is 1. The zero-order chi connectivity index (χ0) is 21.7. The summed E-state index contributed by atoms with van der Waals surface area (Å²) in [6.07, 6.45) is 4.52. The number of para-hydroxylation sites is 1. The van der Waals surface area contributed by atoms with Crippen molar-refractivity contribution < 1.29 is 15.3 Å². The van der Waals surface area contributed by atoms with Gasteiger partial charge in [0.1, 0.15) is 11.4 Å². The summed E-state index contributed by atoms with van der Waals surface area (Å²) < 4.78 is 0. The van der Waals surface area contributed by atoms with Crippen molar-refractivity contribution in [1.29, 1.82) is 0 Å². The van der Waals surface area contributed by atoms with Crippen LogP contribution in [0.5, 0.6) is 5.75 Å². The Bertz CT molecular complexity index is 951. The number of rotatable bonds is 7. The summed E-state index contributed by atoms with van der Waals surface area (Å²) in [5.74, 6) is 0.185. The first kappa shape index (κ1) is 24.5. The predicted octanol–water partition coefficient (Wildman–Crippen LogP) is 3.58. The second-order valence-corrected chi connectivity index (χ2v) is 8.06. The zero-order valence-corrected chi connectivity index (χ0v) is 17.6. The van der Waals surface area contributed by atoms with E-state index in [4.69, 9.17) is 5.73 Å². The van der Waals surface area contributed by atoms with E-state index >= 15 is 0 Å². The minimum absolute atomic E-state index is 0. The maximum absolute atomic E-state index is 10.5. The fourth-order valence-corrected chi connectivity index (χ4v) is 3.52. The highest BCUT2D eigenvalue weighted by Gasteiger charge is 2.28. The molecule has 0 aliphatic carbocycles. The van der Waals surface area contributed by atoms with Gasteiger partial charge in [-0.2, -0.15) is 0 Å². The summed E-state index contributed by atoms with van der Waals surface area (Å²) in [7, 11) is 0. The molecule has 0 spiro atoms. The molecule has 6 N–H and O–H groups in total. The Morgan fingerprint density at radius 2 is 2.00 bits per heavy atom. The van der Waals surface area contributed by atoms with Crippen LogP contribution in [0.1, 0.15) is 37.5 Å². The lowest BCUT2D eigenvalue weighted by Gasteiger charge is -2.33. The minimum atomic E-state index is -1.21. The van der Waals surface area contributed by atoms with Gasteiger partial charge in [-0.1, -0.05) is 43.8 Å². The van der Waals surface area contributed by atoms with Crippen LogP contribution >= 0.6 is 0 Å². The number of aryl methyl sites for hydroxylation is 1. The van der Waals surface area contributed by atoms with Crippen LogP contribution < -0.4 is 11.1 Å². The van der Waals surface area contributed by atoms with Crippen molar-refractivity contribution in [3.63, 3.8) is 0 Å². The molecule has 0 fully saturated rings. The predicted molar refractivity (Wildman–Crippen MR) is 127 cm³/mol. The normalized spacial score (nSPS) is 16.8. The standard InChI is InChI=1S/C24H31N3O3.CH4/c1-17-6-3-4-8-22(17)26-13-21(25)18-9-10-19(23(29)12-18)14-27-11-5-7-20(15-27)24(2,30)16-28;/h3-4,6-10,12-13,26,28-30H,5,11,14-16,25H2,1-2H3;1H4/b21-13-;/t24-;/m1./s1. The molecule has 6 nitrogen and oxygen atoms in total. The highest BCUT2D eigenvalue weighted by atomic mass is 16.3. The molecule has 1 atom stereocenters. The molecule has 0 aromatic heterocycles. The van der Waals surface area contributed by atoms with Gasteiger partial charge in [0.25, 0.3) is 0 Å². The van der Waals surface area contributed by atoms with Crippen LogP contribution in [0.25, 0.3) is 5.70 Å². The molecule has 1 heterocycles. The van der Waals surface area contributed by atoms with Gasteiger partial charge in [-0.25, -0.2) is 0 Å². The largest absolute Gasteiger partial charge is 0.508 e. The summed E-state index contributed by atoms with van der Waals surface area (Å²) in [5, 5.41) is 33.5. The molecule has 0 radical (unpaired) electrons. The van der Waals surface area contributed by atoms with Crippen LogP contribution in [0.15, 0.2) is 60.3 Å². The average Bonchev–Trinajstić information content (AvgIpc) is 2.74. The molecular weight excluding hydrogens is 390 g/mol. The van der Waals surface area contributed by atoms with Crippen LogP contribution in [-0.2, 0) is 6.54 Å². The van der Waals surface area contributed by atoms with E-state index in [0.29, 0.717) is 18.8 Å². The minimum Gasteiger partial charge on any atom is -0.508 e. The van der Waals surface area contributed by atoms with E-state index in [1.54, 1.807) is 19.2 Å². The first-order chi connectivity index (χ1) is 14.3. The first-order valence-electron chi connectivity index (χ1n) is 10.2. The fraction of sp³-hybridized carbons (Fsp3) is 0.360. The molecule has 0 saturated carbocycles. The number of hydrogen-bond acceptors (Lipinski definition) is 6. The van der Waals surface area contributed by atoms with Crippen LogP contribution in [0.4, 0.5) is 5.69 Å². The van der Waals surface area contributed by atoms with Gasteiger partial charge in [0, 0.05) is 42.6 Å². The number of nitrogens with two attached hydrogens (primary N) is 1. The molecule has 0 saturated heterocycles. The highest BCUT2D eigenvalue weighted by Crippen LogP contribution is 2.27. The van der Waals surface area contributed by atoms with Gasteiger partial charge < -0.3 is 26.4 Å². The van der Waals surface area contributed by atoms with Crippen molar-refractivity contribution in [3.8, 4) is 5.75 Å². The zero-order valence-electron chi connectivity index (χ0n) is 17.6. The molecule has 1 aliphatic heterocycles. The van der Waals surface area contributed by atoms with Crippen molar-refractivity contribution >= 4 is 11.4 Å². The fourth-order valence-electron chi connectivity index (χ4n) is 3.52. The number of aromatic hydroxyl groups is 1. The lowest BCUT2D eigenvalue weighted by atomic mass is 9.92. The topological polar surface area (TPSA) is 102 Å². The van der Waals surface area contributed by atoms with Crippen molar-refractivity contribution in [3.05, 3.63) is 77.0 Å². The van der Waals surface area contributed by atoms with Crippen LogP contribution in [0, 0.1) is 6.92 Å². The Labute approximate surface area is 185 Å². The van der Waals surface area contributed by atoms with Crippen molar-refractivity contribution in [2.24, 2.45) is 5.73 Å². The first-order valence-corrected chi connectivity index (χ1v) is 10.2. The van der Waals surface area contributed by atoms with E-state index in [1.165, 1.54) is 0 Å². The van der Waals surface area contributed by atoms with Gasteiger partial charge in [-0.05, 0) is 43.5 Å². The number of phenols is 1. The summed E-state index contributed by atoms with van der Waals surface area (Å²) in [4.78, 5) is 2.15. The summed E-state index contributed by atoms with van der Waals surface area (Å²) in [6.45, 7) is 5.26. The van der Waals surface area contributed by atoms with Crippen molar-refractivity contribution in [1.82, 2.24) is 4.90 Å². The molecule has 0 bridgehead atoms. The van der Waals surface area contributed by atoms with E-state index < -0.39 is 5.60 Å². The van der Waals surface area contributed by atoms with Crippen molar-refractivity contribution in [2.75, 3.05) is 25.0 Å². The number of nitrogens with zero attached hydrogens (tertiary/aromatic N) is 1. The Morgan fingerprint density at radius 1 is 1.26 bits per heavy atom. The van der Waals surface area contributed by atoms with Crippen molar-refractivity contribution in [2.45, 2.75) is 39.8 Å². The monoisotopic (exact) mass is 425 g/mol. The van der Waals surface area contributed by atoms with Gasteiger partial charge in [0.15, 0.2) is 0 Å². The van der Waals surface area contributed by atoms with Crippen LogP contribution in [0.3, 0.4) is 0 Å². The van der Waals surface area contributed by atoms with Crippen LogP contribution in [0.2, 0.25) is 0 Å². The molecule has 0 unspecified atom stereocenters. The summed E-state index contributed by atoms with van der Waals surface area (Å²) in [5.41, 5.74) is 9.95. The third-order valence-corrected chi connectivity index (χ3v) is 5.57. The molecule has 2 aromatic rings. The maximum Gasteiger partial charge on any atom is 0.120 e. The summed E-state index contributed by atoms with van der Waals surface area (Å²) in [6, 6.07) is 13.4. The lowest BCUT2D eigenvalue weighted by molar-refractivity contribution is 0.0247. The Morgan fingerprint density at radius 3 is 2.68 bits per heavy atom. The Balaban J connectivity index is 0.00000341. The van der Waals surface area contributed by atoms with Gasteiger partial charge in [0.2, 0.25) is 0 Å². The number of benzene rings is 2. The number of nitrogens with one attached hydrogen (secondary N) is 1. The second-order valence-electron chi connectivity index (χ2n) is 8.06. The van der Waals surface area contributed by atoms with E-state index in [-0.39, 0.29) is 19.8 Å².